The van der Waals surface area contributed by atoms with Crippen LogP contribution in [0.4, 0.5) is 0 Å². The summed E-state index contributed by atoms with van der Waals surface area (Å²) in [5, 5.41) is 20.9. The van der Waals surface area contributed by atoms with Crippen molar-refractivity contribution in [3.05, 3.63) is 0 Å². The second kappa shape index (κ2) is 13.0. The Morgan fingerprint density at radius 2 is 1.33 bits per heavy atom. The van der Waals surface area contributed by atoms with Crippen LogP contribution in [-0.2, 0) is 18.9 Å². The predicted octanol–water partition coefficient (Wildman–Crippen LogP) is 2.25. The highest BCUT2D eigenvalue weighted by atomic mass is 16.7. The lowest BCUT2D eigenvalue weighted by atomic mass is 9.98. The maximum absolute atomic E-state index is 10.6. The number of ether oxygens (including phenoxy) is 4. The van der Waals surface area contributed by atoms with Gasteiger partial charge in [0.25, 0.3) is 0 Å². The first kappa shape index (κ1) is 21.8. The van der Waals surface area contributed by atoms with Crippen LogP contribution < -0.4 is 0 Å². The molecule has 6 nitrogen and oxygen atoms in total. The van der Waals surface area contributed by atoms with E-state index in [2.05, 4.69) is 20.8 Å². The van der Waals surface area contributed by atoms with E-state index in [0.717, 1.165) is 38.5 Å². The topological polar surface area (TPSA) is 77.4 Å². The van der Waals surface area contributed by atoms with Gasteiger partial charge in [-0.15, -0.1) is 0 Å². The molecule has 1 aliphatic heterocycles. The van der Waals surface area contributed by atoms with Crippen LogP contribution in [0.2, 0.25) is 0 Å². The van der Waals surface area contributed by atoms with Crippen LogP contribution in [-0.4, -0.2) is 67.3 Å². The van der Waals surface area contributed by atoms with Gasteiger partial charge in [-0.2, -0.15) is 0 Å². The first-order valence-electron chi connectivity index (χ1n) is 9.48. The Labute approximate surface area is 146 Å². The second-order valence-corrected chi connectivity index (χ2v) is 6.36. The van der Waals surface area contributed by atoms with Gasteiger partial charge in [-0.1, -0.05) is 40.0 Å². The van der Waals surface area contributed by atoms with E-state index in [0.29, 0.717) is 19.8 Å². The van der Waals surface area contributed by atoms with Crippen LogP contribution in [0.3, 0.4) is 0 Å². The summed E-state index contributed by atoms with van der Waals surface area (Å²) in [6.45, 7) is 8.16. The zero-order valence-corrected chi connectivity index (χ0v) is 15.5. The van der Waals surface area contributed by atoms with Gasteiger partial charge in [-0.05, 0) is 19.3 Å². The molecule has 0 bridgehead atoms. The summed E-state index contributed by atoms with van der Waals surface area (Å²) in [6, 6.07) is 0. The van der Waals surface area contributed by atoms with Crippen molar-refractivity contribution in [1.29, 1.82) is 0 Å². The van der Waals surface area contributed by atoms with Gasteiger partial charge in [0.15, 0.2) is 6.29 Å². The van der Waals surface area contributed by atoms with Crippen LogP contribution in [0, 0.1) is 0 Å². The maximum Gasteiger partial charge on any atom is 0.184 e. The Bertz CT molecular complexity index is 301. The van der Waals surface area contributed by atoms with Crippen molar-refractivity contribution >= 4 is 0 Å². The van der Waals surface area contributed by atoms with Crippen LogP contribution in [0.15, 0.2) is 0 Å². The van der Waals surface area contributed by atoms with E-state index in [4.69, 9.17) is 18.9 Å². The largest absolute Gasteiger partial charge is 0.387 e. The van der Waals surface area contributed by atoms with Crippen LogP contribution in [0.1, 0.15) is 59.3 Å². The molecule has 2 N–H and O–H groups in total. The first-order valence-corrected chi connectivity index (χ1v) is 9.48. The minimum absolute atomic E-state index is 0.244. The molecular formula is C18H36O6. The van der Waals surface area contributed by atoms with E-state index in [1.54, 1.807) is 0 Å². The summed E-state index contributed by atoms with van der Waals surface area (Å²) in [4.78, 5) is 0. The zero-order valence-electron chi connectivity index (χ0n) is 15.5. The summed E-state index contributed by atoms with van der Waals surface area (Å²) in [5.74, 6) is 0. The van der Waals surface area contributed by atoms with Crippen LogP contribution in [0.5, 0.6) is 0 Å². The number of hydrogen-bond donors (Lipinski definition) is 2. The van der Waals surface area contributed by atoms with Gasteiger partial charge in [0.1, 0.15) is 24.4 Å². The molecular weight excluding hydrogens is 312 g/mol. The summed E-state index contributed by atoms with van der Waals surface area (Å²) in [7, 11) is 0. The SMILES string of the molecule is CCCCOCC1OC(O)C(OCCCC)C(OCCCC)C1O. The van der Waals surface area contributed by atoms with E-state index in [1.165, 1.54) is 0 Å². The molecule has 5 atom stereocenters. The lowest BCUT2D eigenvalue weighted by molar-refractivity contribution is -0.305. The lowest BCUT2D eigenvalue weighted by Crippen LogP contribution is -2.60. The van der Waals surface area contributed by atoms with E-state index in [-0.39, 0.29) is 6.61 Å². The van der Waals surface area contributed by atoms with E-state index < -0.39 is 30.7 Å². The van der Waals surface area contributed by atoms with Crippen LogP contribution >= 0.6 is 0 Å². The van der Waals surface area contributed by atoms with Crippen molar-refractivity contribution in [1.82, 2.24) is 0 Å². The Balaban J connectivity index is 2.61. The lowest BCUT2D eigenvalue weighted by Gasteiger charge is -2.42. The van der Waals surface area contributed by atoms with E-state index in [1.807, 2.05) is 0 Å². The van der Waals surface area contributed by atoms with Crippen molar-refractivity contribution in [2.45, 2.75) is 90.0 Å². The highest BCUT2D eigenvalue weighted by Crippen LogP contribution is 2.25. The molecule has 1 aliphatic rings. The third-order valence-corrected chi connectivity index (χ3v) is 4.18. The molecule has 1 rings (SSSR count). The number of hydrogen-bond acceptors (Lipinski definition) is 6. The highest BCUT2D eigenvalue weighted by Gasteiger charge is 2.46. The normalized spacial score (nSPS) is 30.6. The monoisotopic (exact) mass is 348 g/mol. The molecule has 0 aliphatic carbocycles. The third kappa shape index (κ3) is 7.33. The molecule has 0 spiro atoms. The predicted molar refractivity (Wildman–Crippen MR) is 91.9 cm³/mol. The average molecular weight is 348 g/mol. The summed E-state index contributed by atoms with van der Waals surface area (Å²) in [6.07, 6.45) is 1.95. The Hall–Kier alpha value is -0.240. The molecule has 0 amide bonds. The molecule has 1 fully saturated rings. The van der Waals surface area contributed by atoms with Gasteiger partial charge in [-0.3, -0.25) is 0 Å². The molecule has 0 aromatic carbocycles. The first-order chi connectivity index (χ1) is 11.7. The van der Waals surface area contributed by atoms with Gasteiger partial charge in [-0.25, -0.2) is 0 Å². The third-order valence-electron chi connectivity index (χ3n) is 4.18. The zero-order chi connectivity index (χ0) is 17.8. The Kier molecular flexibility index (Phi) is 11.8. The number of rotatable bonds is 13. The van der Waals surface area contributed by atoms with E-state index in [9.17, 15) is 10.2 Å². The molecule has 0 saturated carbocycles. The molecule has 1 heterocycles. The minimum Gasteiger partial charge on any atom is -0.387 e. The highest BCUT2D eigenvalue weighted by molar-refractivity contribution is 4.91. The average Bonchev–Trinajstić information content (AvgIpc) is 2.57. The molecule has 1 saturated heterocycles. The van der Waals surface area contributed by atoms with Gasteiger partial charge < -0.3 is 29.2 Å². The minimum atomic E-state index is -1.11. The molecule has 0 aromatic rings. The number of aliphatic hydroxyl groups is 2. The van der Waals surface area contributed by atoms with Gasteiger partial charge in [0.05, 0.1) is 6.61 Å². The number of aliphatic hydroxyl groups excluding tert-OH is 2. The van der Waals surface area contributed by atoms with Crippen LogP contribution in [0.25, 0.3) is 0 Å². The standard InChI is InChI=1S/C18H36O6/c1-4-7-10-21-13-14-15(19)16(22-11-8-5-2)17(18(20)24-14)23-12-9-6-3/h14-20H,4-13H2,1-3H3. The van der Waals surface area contributed by atoms with Gasteiger partial charge in [0.2, 0.25) is 0 Å². The van der Waals surface area contributed by atoms with Crippen molar-refractivity contribution in [3.63, 3.8) is 0 Å². The van der Waals surface area contributed by atoms with E-state index >= 15 is 0 Å². The molecule has 0 aromatic heterocycles. The fourth-order valence-corrected chi connectivity index (χ4v) is 2.59. The molecule has 24 heavy (non-hydrogen) atoms. The van der Waals surface area contributed by atoms with Crippen molar-refractivity contribution in [2.75, 3.05) is 26.4 Å². The smallest absolute Gasteiger partial charge is 0.184 e. The molecule has 0 radical (unpaired) electrons. The Morgan fingerprint density at radius 1 is 0.792 bits per heavy atom. The molecule has 5 unspecified atom stereocenters. The molecule has 144 valence electrons. The summed E-state index contributed by atoms with van der Waals surface area (Å²) >= 11 is 0. The fraction of sp³-hybridized carbons (Fsp3) is 1.00. The summed E-state index contributed by atoms with van der Waals surface area (Å²) in [5.41, 5.74) is 0. The van der Waals surface area contributed by atoms with Crippen molar-refractivity contribution < 1.29 is 29.2 Å². The second-order valence-electron chi connectivity index (χ2n) is 6.36. The maximum atomic E-state index is 10.6. The van der Waals surface area contributed by atoms with Crippen molar-refractivity contribution in [2.24, 2.45) is 0 Å². The van der Waals surface area contributed by atoms with Gasteiger partial charge >= 0.3 is 0 Å². The van der Waals surface area contributed by atoms with Crippen molar-refractivity contribution in [3.8, 4) is 0 Å². The molecule has 6 heteroatoms. The quantitative estimate of drug-likeness (QED) is 0.497. The summed E-state index contributed by atoms with van der Waals surface area (Å²) < 4.78 is 22.7. The van der Waals surface area contributed by atoms with Gasteiger partial charge in [0, 0.05) is 19.8 Å². The number of unbranched alkanes of at least 4 members (excludes halogenated alkanes) is 3. The fourth-order valence-electron chi connectivity index (χ4n) is 2.59. The Morgan fingerprint density at radius 3 is 1.92 bits per heavy atom.